The number of hydrogen-bond donors (Lipinski definition) is 0. The Labute approximate surface area is 360 Å². The third-order valence-corrected chi connectivity index (χ3v) is 14.0. The lowest BCUT2D eigenvalue weighted by molar-refractivity contribution is -0.161. The molecule has 4 saturated carbocycles. The molecule has 0 amide bonds. The first-order chi connectivity index (χ1) is 29.1. The van der Waals surface area contributed by atoms with Gasteiger partial charge in [0.15, 0.2) is 11.2 Å². The van der Waals surface area contributed by atoms with Gasteiger partial charge in [0.25, 0.3) is 0 Å². The summed E-state index contributed by atoms with van der Waals surface area (Å²) in [5.41, 5.74) is -0.225. The Balaban J connectivity index is 1.26. The second-order valence-corrected chi connectivity index (χ2v) is 18.1. The van der Waals surface area contributed by atoms with Crippen LogP contribution in [0, 0.1) is 59.2 Å². The van der Waals surface area contributed by atoms with E-state index in [0.717, 1.165) is 72.6 Å². The molecule has 0 radical (unpaired) electrons. The fourth-order valence-corrected chi connectivity index (χ4v) is 10.5. The molecule has 4 aliphatic carbocycles. The van der Waals surface area contributed by atoms with Crippen LogP contribution in [0.2, 0.25) is 0 Å². The Morgan fingerprint density at radius 2 is 0.900 bits per heavy atom. The van der Waals surface area contributed by atoms with Gasteiger partial charge in [0, 0.05) is 23.3 Å². The van der Waals surface area contributed by atoms with Gasteiger partial charge >= 0.3 is 23.9 Å². The minimum absolute atomic E-state index is 0.0402. The van der Waals surface area contributed by atoms with Crippen LogP contribution in [0.3, 0.4) is 0 Å². The summed E-state index contributed by atoms with van der Waals surface area (Å²) in [5.74, 6) is 15.8. The molecule has 5 rings (SSSR count). The van der Waals surface area contributed by atoms with Crippen molar-refractivity contribution in [3.05, 3.63) is 60.7 Å². The van der Waals surface area contributed by atoms with E-state index in [1.807, 2.05) is 24.3 Å². The SMILES string of the molecule is C=CC(=O)OCCC(=O)OC1(C#Cc2ccc(C#CC3(OC(=O)CCOC(=O)C=C)CCC(C4CCC(CCC)CC4)CC3)cc2)CCC(C2CCC(CCC)CC2)CC1. The van der Waals surface area contributed by atoms with Crippen LogP contribution in [0.25, 0.3) is 0 Å². The highest BCUT2D eigenvalue weighted by Gasteiger charge is 2.42. The number of hydrogen-bond acceptors (Lipinski definition) is 8. The minimum Gasteiger partial charge on any atom is -0.462 e. The summed E-state index contributed by atoms with van der Waals surface area (Å²) in [4.78, 5) is 49.2. The second kappa shape index (κ2) is 23.6. The van der Waals surface area contributed by atoms with Crippen LogP contribution < -0.4 is 0 Å². The van der Waals surface area contributed by atoms with Crippen LogP contribution in [0.1, 0.15) is 166 Å². The zero-order chi connectivity index (χ0) is 42.8. The molecule has 0 spiro atoms. The van der Waals surface area contributed by atoms with Gasteiger partial charge in [-0.2, -0.15) is 0 Å². The van der Waals surface area contributed by atoms with E-state index in [1.54, 1.807) is 0 Å². The molecule has 4 fully saturated rings. The summed E-state index contributed by atoms with van der Waals surface area (Å²) < 4.78 is 22.4. The van der Waals surface area contributed by atoms with Gasteiger partial charge in [-0.15, -0.1) is 0 Å². The van der Waals surface area contributed by atoms with Gasteiger partial charge in [-0.05, 0) is 149 Å². The zero-order valence-electron chi connectivity index (χ0n) is 36.6. The lowest BCUT2D eigenvalue weighted by Crippen LogP contribution is -2.40. The van der Waals surface area contributed by atoms with Crippen LogP contribution >= 0.6 is 0 Å². The maximum Gasteiger partial charge on any atom is 0.330 e. The van der Waals surface area contributed by atoms with E-state index < -0.39 is 35.1 Å². The van der Waals surface area contributed by atoms with Gasteiger partial charge in [0.2, 0.25) is 0 Å². The highest BCUT2D eigenvalue weighted by molar-refractivity contribution is 5.82. The van der Waals surface area contributed by atoms with Crippen LogP contribution in [0.15, 0.2) is 49.6 Å². The third-order valence-electron chi connectivity index (χ3n) is 14.0. The molecule has 0 unspecified atom stereocenters. The van der Waals surface area contributed by atoms with E-state index in [-0.39, 0.29) is 26.1 Å². The number of carbonyl (C=O) groups is 4. The largest absolute Gasteiger partial charge is 0.462 e. The summed E-state index contributed by atoms with van der Waals surface area (Å²) in [6, 6.07) is 7.72. The molecule has 60 heavy (non-hydrogen) atoms. The summed E-state index contributed by atoms with van der Waals surface area (Å²) >= 11 is 0. The molecule has 0 N–H and O–H groups in total. The summed E-state index contributed by atoms with van der Waals surface area (Å²) in [6.07, 6.45) is 24.3. The molecule has 4 aliphatic rings. The molecule has 0 saturated heterocycles. The predicted molar refractivity (Wildman–Crippen MR) is 234 cm³/mol. The van der Waals surface area contributed by atoms with Crippen LogP contribution in [0.5, 0.6) is 0 Å². The molecular formula is C52H70O8. The average molecular weight is 823 g/mol. The molecular weight excluding hydrogens is 753 g/mol. The number of esters is 4. The van der Waals surface area contributed by atoms with Crippen molar-refractivity contribution in [2.24, 2.45) is 35.5 Å². The lowest BCUT2D eigenvalue weighted by Gasteiger charge is -2.41. The van der Waals surface area contributed by atoms with E-state index in [9.17, 15) is 19.2 Å². The Hall–Kier alpha value is -4.30. The molecule has 0 bridgehead atoms. The van der Waals surface area contributed by atoms with E-state index >= 15 is 0 Å². The number of rotatable bonds is 16. The normalized spacial score (nSPS) is 28.9. The highest BCUT2D eigenvalue weighted by Crippen LogP contribution is 2.46. The first-order valence-corrected chi connectivity index (χ1v) is 23.3. The second-order valence-electron chi connectivity index (χ2n) is 18.1. The van der Waals surface area contributed by atoms with Crippen molar-refractivity contribution in [3.8, 4) is 23.7 Å². The Bertz CT molecular complexity index is 1580. The smallest absolute Gasteiger partial charge is 0.330 e. The first kappa shape index (κ1) is 46.8. The van der Waals surface area contributed by atoms with Crippen LogP contribution in [-0.2, 0) is 38.1 Å². The molecule has 8 heteroatoms. The Kier molecular flexibility index (Phi) is 18.4. The number of ether oxygens (including phenoxy) is 4. The van der Waals surface area contributed by atoms with Gasteiger partial charge in [0.1, 0.15) is 13.2 Å². The van der Waals surface area contributed by atoms with Gasteiger partial charge in [-0.3, -0.25) is 9.59 Å². The van der Waals surface area contributed by atoms with Gasteiger partial charge in [-0.1, -0.05) is 90.2 Å². The Morgan fingerprint density at radius 3 is 1.22 bits per heavy atom. The maximum atomic E-state index is 13.1. The van der Waals surface area contributed by atoms with Gasteiger partial charge in [0.05, 0.1) is 12.8 Å². The predicted octanol–water partition coefficient (Wildman–Crippen LogP) is 10.8. The Morgan fingerprint density at radius 1 is 0.567 bits per heavy atom. The van der Waals surface area contributed by atoms with Crippen molar-refractivity contribution < 1.29 is 38.1 Å². The van der Waals surface area contributed by atoms with Crippen LogP contribution in [-0.4, -0.2) is 48.3 Å². The van der Waals surface area contributed by atoms with E-state index in [2.05, 4.69) is 50.7 Å². The highest BCUT2D eigenvalue weighted by atomic mass is 16.6. The molecule has 0 atom stereocenters. The van der Waals surface area contributed by atoms with Crippen molar-refractivity contribution >= 4 is 23.9 Å². The molecule has 0 heterocycles. The summed E-state index contributed by atoms with van der Waals surface area (Å²) in [5, 5.41) is 0. The molecule has 0 aromatic heterocycles. The first-order valence-electron chi connectivity index (χ1n) is 23.3. The fraction of sp³-hybridized carbons (Fsp3) is 0.654. The van der Waals surface area contributed by atoms with Crippen LogP contribution in [0.4, 0.5) is 0 Å². The molecule has 0 aliphatic heterocycles. The minimum atomic E-state index is -0.901. The topological polar surface area (TPSA) is 105 Å². The molecule has 1 aromatic rings. The molecule has 1 aromatic carbocycles. The van der Waals surface area contributed by atoms with Crippen molar-refractivity contribution in [2.75, 3.05) is 13.2 Å². The van der Waals surface area contributed by atoms with Crippen molar-refractivity contribution in [1.29, 1.82) is 0 Å². The fourth-order valence-electron chi connectivity index (χ4n) is 10.5. The standard InChI is InChI=1S/C52H70O8/c1-5-9-39-15-19-43(20-16-39)45-25-33-51(34-26-45,59-49(55)29-37-57-47(53)7-3)31-23-41-11-13-42(14-12-41)24-32-52(60-50(56)30-38-58-48(54)8-4)35-27-46(28-36-52)44-21-17-40(10-6-2)18-22-44/h7-8,11-14,39-40,43-46H,3-6,9-10,15-22,25-30,33-38H2,1-2H3. The monoisotopic (exact) mass is 823 g/mol. The molecule has 326 valence electrons. The summed E-state index contributed by atoms with van der Waals surface area (Å²) in [7, 11) is 0. The van der Waals surface area contributed by atoms with E-state index in [1.165, 1.54) is 77.0 Å². The van der Waals surface area contributed by atoms with Gasteiger partial charge < -0.3 is 18.9 Å². The molecule has 8 nitrogen and oxygen atoms in total. The third kappa shape index (κ3) is 14.4. The number of carbonyl (C=O) groups excluding carboxylic acids is 4. The lowest BCUT2D eigenvalue weighted by atomic mass is 9.67. The zero-order valence-corrected chi connectivity index (χ0v) is 36.6. The number of benzene rings is 1. The maximum absolute atomic E-state index is 13.1. The van der Waals surface area contributed by atoms with Crippen molar-refractivity contribution in [2.45, 2.75) is 166 Å². The van der Waals surface area contributed by atoms with Crippen molar-refractivity contribution in [3.63, 3.8) is 0 Å². The van der Waals surface area contributed by atoms with E-state index in [4.69, 9.17) is 18.9 Å². The summed E-state index contributed by atoms with van der Waals surface area (Å²) in [6.45, 7) is 11.3. The van der Waals surface area contributed by atoms with Crippen molar-refractivity contribution in [1.82, 2.24) is 0 Å². The van der Waals surface area contributed by atoms with E-state index in [0.29, 0.717) is 37.5 Å². The van der Waals surface area contributed by atoms with Gasteiger partial charge in [-0.25, -0.2) is 9.59 Å². The quantitative estimate of drug-likeness (QED) is 0.0702. The average Bonchev–Trinajstić information content (AvgIpc) is 3.26.